The molecule has 1 fully saturated rings. The Morgan fingerprint density at radius 2 is 1.79 bits per heavy atom. The van der Waals surface area contributed by atoms with Crippen LogP contribution in [0.25, 0.3) is 0 Å². The van der Waals surface area contributed by atoms with Gasteiger partial charge in [-0.3, -0.25) is 13.9 Å². The molecule has 0 heterocycles. The molecule has 1 aliphatic carbocycles. The largest absolute Gasteiger partial charge is 0.352 e. The average Bonchev–Trinajstić information content (AvgIpc) is 3.35. The molecule has 10 heteroatoms. The van der Waals surface area contributed by atoms with E-state index < -0.39 is 16.1 Å². The molecule has 1 aliphatic rings. The second-order valence-corrected chi connectivity index (χ2v) is 12.8. The summed E-state index contributed by atoms with van der Waals surface area (Å²) in [6.07, 6.45) is 5.58. The highest BCUT2D eigenvalue weighted by molar-refractivity contribution is 7.92. The standard InChI is InChI=1S/C28H37Cl2N3O4S/c1-19-9-7-12-26(20(19)2)33(38(4,36)37)16-8-13-27(34)32(18-22-14-15-23(29)17-25(22)30)21(3)28(35)31-24-10-5-6-11-24/h7,9,12,14-15,17,21,24H,5-6,8,10-11,13,16,18H2,1-4H3,(H,31,35). The van der Waals surface area contributed by atoms with E-state index in [4.69, 9.17) is 23.2 Å². The van der Waals surface area contributed by atoms with Crippen LogP contribution < -0.4 is 9.62 Å². The van der Waals surface area contributed by atoms with Crippen molar-refractivity contribution < 1.29 is 18.0 Å². The number of benzene rings is 2. The molecule has 2 amide bonds. The lowest BCUT2D eigenvalue weighted by molar-refractivity contribution is -0.140. The van der Waals surface area contributed by atoms with E-state index in [1.165, 1.54) is 15.5 Å². The van der Waals surface area contributed by atoms with Crippen molar-refractivity contribution in [3.05, 3.63) is 63.1 Å². The van der Waals surface area contributed by atoms with Gasteiger partial charge in [-0.25, -0.2) is 8.42 Å². The molecule has 2 aromatic rings. The molecule has 1 unspecified atom stereocenters. The molecule has 0 bridgehead atoms. The van der Waals surface area contributed by atoms with E-state index in [0.717, 1.165) is 36.8 Å². The maximum absolute atomic E-state index is 13.5. The molecule has 1 N–H and O–H groups in total. The maximum Gasteiger partial charge on any atom is 0.242 e. The van der Waals surface area contributed by atoms with Crippen LogP contribution in [0, 0.1) is 13.8 Å². The highest BCUT2D eigenvalue weighted by Gasteiger charge is 2.29. The van der Waals surface area contributed by atoms with E-state index in [1.807, 2.05) is 26.0 Å². The van der Waals surface area contributed by atoms with Gasteiger partial charge in [0.05, 0.1) is 11.9 Å². The first-order valence-electron chi connectivity index (χ1n) is 13.0. The highest BCUT2D eigenvalue weighted by atomic mass is 35.5. The van der Waals surface area contributed by atoms with Gasteiger partial charge in [-0.05, 0) is 74.9 Å². The minimum atomic E-state index is -3.56. The first kappa shape index (κ1) is 30.3. The number of hydrogen-bond acceptors (Lipinski definition) is 4. The van der Waals surface area contributed by atoms with Gasteiger partial charge in [0.2, 0.25) is 21.8 Å². The van der Waals surface area contributed by atoms with Gasteiger partial charge in [-0.15, -0.1) is 0 Å². The molecular weight excluding hydrogens is 545 g/mol. The lowest BCUT2D eigenvalue weighted by Gasteiger charge is -2.30. The zero-order chi connectivity index (χ0) is 28.0. The summed E-state index contributed by atoms with van der Waals surface area (Å²) in [5.74, 6) is -0.456. The molecule has 0 spiro atoms. The zero-order valence-electron chi connectivity index (χ0n) is 22.5. The van der Waals surface area contributed by atoms with E-state index >= 15 is 0 Å². The Balaban J connectivity index is 1.77. The Hall–Kier alpha value is -2.29. The van der Waals surface area contributed by atoms with Crippen LogP contribution in [0.4, 0.5) is 5.69 Å². The summed E-state index contributed by atoms with van der Waals surface area (Å²) in [4.78, 5) is 28.1. The van der Waals surface area contributed by atoms with Crippen molar-refractivity contribution in [1.82, 2.24) is 10.2 Å². The van der Waals surface area contributed by atoms with E-state index in [-0.39, 0.29) is 37.4 Å². The lowest BCUT2D eigenvalue weighted by Crippen LogP contribution is -2.49. The van der Waals surface area contributed by atoms with Crippen LogP contribution in [0.5, 0.6) is 0 Å². The summed E-state index contributed by atoms with van der Waals surface area (Å²) >= 11 is 12.4. The fourth-order valence-corrected chi connectivity index (χ4v) is 6.28. The number of halogens is 2. The summed E-state index contributed by atoms with van der Waals surface area (Å²) in [5, 5.41) is 3.97. The number of aryl methyl sites for hydroxylation is 1. The van der Waals surface area contributed by atoms with Gasteiger partial charge < -0.3 is 10.2 Å². The number of hydrogen-bond donors (Lipinski definition) is 1. The molecule has 0 aromatic heterocycles. The molecule has 0 aliphatic heterocycles. The van der Waals surface area contributed by atoms with Crippen molar-refractivity contribution in [2.24, 2.45) is 0 Å². The van der Waals surface area contributed by atoms with Crippen LogP contribution in [-0.4, -0.2) is 50.0 Å². The average molecular weight is 583 g/mol. The van der Waals surface area contributed by atoms with Gasteiger partial charge >= 0.3 is 0 Å². The van der Waals surface area contributed by atoms with Crippen LogP contribution >= 0.6 is 23.2 Å². The van der Waals surface area contributed by atoms with Gasteiger partial charge in [-0.2, -0.15) is 0 Å². The number of carbonyl (C=O) groups excluding carboxylic acids is 2. The summed E-state index contributed by atoms with van der Waals surface area (Å²) in [5.41, 5.74) is 3.15. The number of rotatable bonds is 11. The van der Waals surface area contributed by atoms with Crippen LogP contribution in [-0.2, 0) is 26.2 Å². The maximum atomic E-state index is 13.5. The van der Waals surface area contributed by atoms with Gasteiger partial charge in [0.25, 0.3) is 0 Å². The topological polar surface area (TPSA) is 86.8 Å². The second kappa shape index (κ2) is 13.2. The molecule has 7 nitrogen and oxygen atoms in total. The summed E-state index contributed by atoms with van der Waals surface area (Å²) in [6.45, 7) is 5.82. The van der Waals surface area contributed by atoms with Crippen LogP contribution in [0.2, 0.25) is 10.0 Å². The SMILES string of the molecule is Cc1cccc(N(CCCC(=O)N(Cc2ccc(Cl)cc2Cl)C(C)C(=O)NC2CCCC2)S(C)(=O)=O)c1C. The van der Waals surface area contributed by atoms with Crippen molar-refractivity contribution >= 4 is 50.7 Å². The van der Waals surface area contributed by atoms with Crippen molar-refractivity contribution in [3.8, 4) is 0 Å². The van der Waals surface area contributed by atoms with Crippen molar-refractivity contribution in [2.75, 3.05) is 17.1 Å². The van der Waals surface area contributed by atoms with Crippen molar-refractivity contribution in [2.45, 2.75) is 77.9 Å². The van der Waals surface area contributed by atoms with Crippen molar-refractivity contribution in [3.63, 3.8) is 0 Å². The Labute approximate surface area is 236 Å². The number of carbonyl (C=O) groups is 2. The number of sulfonamides is 1. The minimum absolute atomic E-state index is 0.0726. The fraction of sp³-hybridized carbons (Fsp3) is 0.500. The third-order valence-corrected chi connectivity index (χ3v) is 8.99. The predicted molar refractivity (Wildman–Crippen MR) is 154 cm³/mol. The van der Waals surface area contributed by atoms with Gasteiger partial charge in [0, 0.05) is 35.6 Å². The van der Waals surface area contributed by atoms with Crippen LogP contribution in [0.15, 0.2) is 36.4 Å². The summed E-state index contributed by atoms with van der Waals surface area (Å²) < 4.78 is 26.6. The molecule has 208 valence electrons. The second-order valence-electron chi connectivity index (χ2n) is 10.1. The van der Waals surface area contributed by atoms with Crippen LogP contribution in [0.3, 0.4) is 0 Å². The Kier molecular flexibility index (Phi) is 10.5. The minimum Gasteiger partial charge on any atom is -0.352 e. The van der Waals surface area contributed by atoms with Gasteiger partial charge in [0.15, 0.2) is 0 Å². The molecule has 3 rings (SSSR count). The van der Waals surface area contributed by atoms with Gasteiger partial charge in [0.1, 0.15) is 6.04 Å². The number of nitrogens with one attached hydrogen (secondary N) is 1. The third-order valence-electron chi connectivity index (χ3n) is 7.22. The quantitative estimate of drug-likeness (QED) is 0.372. The Morgan fingerprint density at radius 1 is 1.11 bits per heavy atom. The zero-order valence-corrected chi connectivity index (χ0v) is 24.8. The normalized spacial score (nSPS) is 14.8. The summed E-state index contributed by atoms with van der Waals surface area (Å²) in [6, 6.07) is 9.99. The first-order valence-corrected chi connectivity index (χ1v) is 15.6. The molecule has 1 saturated carbocycles. The van der Waals surface area contributed by atoms with Crippen LogP contribution in [0.1, 0.15) is 62.1 Å². The molecule has 0 saturated heterocycles. The lowest BCUT2D eigenvalue weighted by atomic mass is 10.1. The van der Waals surface area contributed by atoms with E-state index in [1.54, 1.807) is 31.2 Å². The number of nitrogens with zero attached hydrogens (tertiary/aromatic N) is 2. The molecule has 1 atom stereocenters. The van der Waals surface area contributed by atoms with E-state index in [0.29, 0.717) is 27.7 Å². The molecule has 38 heavy (non-hydrogen) atoms. The van der Waals surface area contributed by atoms with Crippen molar-refractivity contribution in [1.29, 1.82) is 0 Å². The number of anilines is 1. The van der Waals surface area contributed by atoms with Gasteiger partial charge in [-0.1, -0.05) is 54.2 Å². The van der Waals surface area contributed by atoms with E-state index in [2.05, 4.69) is 5.32 Å². The molecular formula is C28H37Cl2N3O4S. The first-order chi connectivity index (χ1) is 17.9. The highest BCUT2D eigenvalue weighted by Crippen LogP contribution is 2.27. The smallest absolute Gasteiger partial charge is 0.242 e. The molecule has 2 aromatic carbocycles. The Morgan fingerprint density at radius 3 is 2.42 bits per heavy atom. The fourth-order valence-electron chi connectivity index (χ4n) is 4.80. The monoisotopic (exact) mass is 581 g/mol. The van der Waals surface area contributed by atoms with E-state index in [9.17, 15) is 18.0 Å². The summed E-state index contributed by atoms with van der Waals surface area (Å²) in [7, 11) is -3.56. The Bertz CT molecular complexity index is 1260. The molecule has 0 radical (unpaired) electrons. The predicted octanol–water partition coefficient (Wildman–Crippen LogP) is 5.63. The number of amides is 2. The third kappa shape index (κ3) is 7.87.